The number of nitrogens with one attached hydrogen (secondary N) is 1. The molecule has 10 heteroatoms. The summed E-state index contributed by atoms with van der Waals surface area (Å²) in [4.78, 5) is 25.3. The molecule has 1 aliphatic rings. The molecule has 4 rings (SSSR count). The summed E-state index contributed by atoms with van der Waals surface area (Å²) in [5, 5.41) is 12.6. The number of carbonyl (C=O) groups is 1. The minimum atomic E-state index is -3.90. The number of sulfonamides is 1. The van der Waals surface area contributed by atoms with Gasteiger partial charge in [0.15, 0.2) is 0 Å². The molecule has 0 saturated carbocycles. The fourth-order valence-electron chi connectivity index (χ4n) is 3.37. The topological polar surface area (TPSA) is 110 Å². The van der Waals surface area contributed by atoms with Gasteiger partial charge in [-0.05, 0) is 60.2 Å². The Morgan fingerprint density at radius 2 is 1.90 bits per heavy atom. The van der Waals surface area contributed by atoms with Crippen molar-refractivity contribution in [1.29, 1.82) is 0 Å². The number of thiophene rings is 1. The van der Waals surface area contributed by atoms with Gasteiger partial charge in [0, 0.05) is 30.1 Å². The lowest BCUT2D eigenvalue weighted by Gasteiger charge is -2.29. The van der Waals surface area contributed by atoms with Crippen molar-refractivity contribution < 1.29 is 18.1 Å². The number of fused-ring (bicyclic) bond motifs is 1. The Labute approximate surface area is 177 Å². The minimum absolute atomic E-state index is 0.0647. The van der Waals surface area contributed by atoms with Gasteiger partial charge in [0.2, 0.25) is 0 Å². The van der Waals surface area contributed by atoms with E-state index < -0.39 is 14.9 Å². The summed E-state index contributed by atoms with van der Waals surface area (Å²) in [7, 11) is -3.90. The first-order chi connectivity index (χ1) is 14.3. The molecule has 0 spiro atoms. The molecule has 1 N–H and O–H groups in total. The number of hydrogen-bond acceptors (Lipinski definition) is 6. The third kappa shape index (κ3) is 3.91. The molecule has 1 aliphatic heterocycles. The highest BCUT2D eigenvalue weighted by Crippen LogP contribution is 2.32. The number of rotatable bonds is 5. The van der Waals surface area contributed by atoms with E-state index in [-0.39, 0.29) is 16.5 Å². The number of carbonyl (C=O) groups excluding carboxylic acids is 1. The van der Waals surface area contributed by atoms with Gasteiger partial charge in [-0.1, -0.05) is 6.07 Å². The normalized spacial score (nSPS) is 13.5. The van der Waals surface area contributed by atoms with Crippen molar-refractivity contribution in [3.63, 3.8) is 0 Å². The molecule has 1 aromatic heterocycles. The van der Waals surface area contributed by atoms with Crippen molar-refractivity contribution in [1.82, 2.24) is 0 Å². The quantitative estimate of drug-likeness (QED) is 0.473. The van der Waals surface area contributed by atoms with E-state index in [0.717, 1.165) is 36.2 Å². The summed E-state index contributed by atoms with van der Waals surface area (Å²) in [6.07, 6.45) is 1.51. The number of nitro benzene ring substituents is 1. The van der Waals surface area contributed by atoms with Crippen LogP contribution in [0, 0.1) is 10.1 Å². The first-order valence-corrected chi connectivity index (χ1v) is 11.5. The van der Waals surface area contributed by atoms with Crippen molar-refractivity contribution in [2.45, 2.75) is 17.7 Å². The molecular formula is C20H17N3O5S2. The Morgan fingerprint density at radius 1 is 1.13 bits per heavy atom. The van der Waals surface area contributed by atoms with Gasteiger partial charge in [0.25, 0.3) is 21.6 Å². The Balaban J connectivity index is 1.58. The van der Waals surface area contributed by atoms with Gasteiger partial charge < -0.3 is 4.90 Å². The van der Waals surface area contributed by atoms with Crippen LogP contribution in [0.25, 0.3) is 0 Å². The fourth-order valence-corrected chi connectivity index (χ4v) is 5.09. The Kier molecular flexibility index (Phi) is 5.27. The molecule has 154 valence electrons. The number of anilines is 2. The van der Waals surface area contributed by atoms with E-state index >= 15 is 0 Å². The molecule has 3 aromatic rings. The van der Waals surface area contributed by atoms with Crippen molar-refractivity contribution in [2.75, 3.05) is 16.2 Å². The highest BCUT2D eigenvalue weighted by molar-refractivity contribution is 7.92. The molecule has 0 atom stereocenters. The van der Waals surface area contributed by atoms with Gasteiger partial charge in [0.1, 0.15) is 0 Å². The maximum Gasteiger partial charge on any atom is 0.269 e. The fraction of sp³-hybridized carbons (Fsp3) is 0.150. The van der Waals surface area contributed by atoms with Crippen molar-refractivity contribution in [3.8, 4) is 0 Å². The first-order valence-electron chi connectivity index (χ1n) is 9.11. The Bertz CT molecular complexity index is 1210. The van der Waals surface area contributed by atoms with Crippen LogP contribution in [0.15, 0.2) is 64.9 Å². The van der Waals surface area contributed by atoms with Crippen LogP contribution in [-0.4, -0.2) is 25.8 Å². The van der Waals surface area contributed by atoms with E-state index in [2.05, 4.69) is 4.72 Å². The predicted molar refractivity (Wildman–Crippen MR) is 115 cm³/mol. The van der Waals surface area contributed by atoms with Crippen LogP contribution in [0.1, 0.15) is 21.7 Å². The van der Waals surface area contributed by atoms with Crippen LogP contribution in [0.2, 0.25) is 0 Å². The summed E-state index contributed by atoms with van der Waals surface area (Å²) >= 11 is 1.39. The minimum Gasteiger partial charge on any atom is -0.307 e. The lowest BCUT2D eigenvalue weighted by Crippen LogP contribution is -2.35. The summed E-state index contributed by atoms with van der Waals surface area (Å²) < 4.78 is 27.8. The van der Waals surface area contributed by atoms with Crippen LogP contribution in [0.5, 0.6) is 0 Å². The zero-order valence-electron chi connectivity index (χ0n) is 15.6. The second-order valence-corrected chi connectivity index (χ2v) is 9.37. The average Bonchev–Trinajstić information content (AvgIpc) is 3.27. The highest BCUT2D eigenvalue weighted by Gasteiger charge is 2.25. The first kappa shape index (κ1) is 20.0. The lowest BCUT2D eigenvalue weighted by atomic mass is 10.0. The molecule has 30 heavy (non-hydrogen) atoms. The third-order valence-corrected chi connectivity index (χ3v) is 7.04. The number of amides is 1. The van der Waals surface area contributed by atoms with Crippen LogP contribution >= 0.6 is 11.3 Å². The molecule has 2 aromatic carbocycles. The zero-order valence-corrected chi connectivity index (χ0v) is 17.3. The molecule has 0 bridgehead atoms. The van der Waals surface area contributed by atoms with Crippen LogP contribution < -0.4 is 9.62 Å². The van der Waals surface area contributed by atoms with Crippen molar-refractivity contribution in [2.24, 2.45) is 0 Å². The maximum atomic E-state index is 12.8. The van der Waals surface area contributed by atoms with Crippen molar-refractivity contribution in [3.05, 3.63) is 80.5 Å². The highest BCUT2D eigenvalue weighted by atomic mass is 32.2. The Hall–Kier alpha value is -3.24. The van der Waals surface area contributed by atoms with Crippen LogP contribution in [0.3, 0.4) is 0 Å². The number of aryl methyl sites for hydroxylation is 1. The summed E-state index contributed by atoms with van der Waals surface area (Å²) in [5.41, 5.74) is 1.85. The second kappa shape index (κ2) is 7.88. The largest absolute Gasteiger partial charge is 0.307 e. The third-order valence-electron chi connectivity index (χ3n) is 4.79. The molecule has 0 saturated heterocycles. The number of non-ortho nitro benzene ring substituents is 1. The van der Waals surface area contributed by atoms with E-state index in [1.54, 1.807) is 29.2 Å². The van der Waals surface area contributed by atoms with Crippen LogP contribution in [0.4, 0.5) is 17.1 Å². The second-order valence-electron chi connectivity index (χ2n) is 6.74. The summed E-state index contributed by atoms with van der Waals surface area (Å²) in [6.45, 7) is 0.609. The molecule has 2 heterocycles. The number of nitro groups is 1. The lowest BCUT2D eigenvalue weighted by molar-refractivity contribution is -0.384. The zero-order chi connectivity index (χ0) is 21.3. The molecular weight excluding hydrogens is 426 g/mol. The molecule has 8 nitrogen and oxygen atoms in total. The smallest absolute Gasteiger partial charge is 0.269 e. The van der Waals surface area contributed by atoms with Gasteiger partial charge in [-0.15, -0.1) is 11.3 Å². The monoisotopic (exact) mass is 443 g/mol. The SMILES string of the molecule is O=C(c1cccs1)N1CCCc2cc(NS(=O)(=O)c3ccc([N+](=O)[O-])cc3)ccc21. The molecule has 1 amide bonds. The van der Waals surface area contributed by atoms with E-state index in [1.807, 2.05) is 11.4 Å². The molecule has 0 aliphatic carbocycles. The number of hydrogen-bond donors (Lipinski definition) is 1. The van der Waals surface area contributed by atoms with E-state index in [9.17, 15) is 23.3 Å². The molecule has 0 unspecified atom stereocenters. The van der Waals surface area contributed by atoms with Gasteiger partial charge in [-0.25, -0.2) is 8.42 Å². The van der Waals surface area contributed by atoms with E-state index in [4.69, 9.17) is 0 Å². The van der Waals surface area contributed by atoms with E-state index in [1.165, 1.54) is 23.5 Å². The Morgan fingerprint density at radius 3 is 2.57 bits per heavy atom. The van der Waals surface area contributed by atoms with Gasteiger partial charge >= 0.3 is 0 Å². The molecule has 0 fully saturated rings. The van der Waals surface area contributed by atoms with Crippen molar-refractivity contribution >= 4 is 44.3 Å². The maximum absolute atomic E-state index is 12.8. The van der Waals surface area contributed by atoms with Gasteiger partial charge in [-0.2, -0.15) is 0 Å². The van der Waals surface area contributed by atoms with E-state index in [0.29, 0.717) is 17.1 Å². The predicted octanol–water partition coefficient (Wildman–Crippen LogP) is 4.05. The number of nitrogens with zero attached hydrogens (tertiary/aromatic N) is 2. The van der Waals surface area contributed by atoms with Gasteiger partial charge in [-0.3, -0.25) is 19.6 Å². The standard InChI is InChI=1S/C20H17N3O5S2/c24-20(19-4-2-12-29-19)22-11-1-3-14-13-15(5-10-18(14)22)21-30(27,28)17-8-6-16(7-9-17)23(25)26/h2,4-10,12-13,21H,1,3,11H2. The van der Waals surface area contributed by atoms with Gasteiger partial charge in [0.05, 0.1) is 14.7 Å². The summed E-state index contributed by atoms with van der Waals surface area (Å²) in [6, 6.07) is 13.4. The molecule has 0 radical (unpaired) electrons. The summed E-state index contributed by atoms with van der Waals surface area (Å²) in [5.74, 6) is -0.0647. The van der Waals surface area contributed by atoms with Crippen LogP contribution in [-0.2, 0) is 16.4 Å². The number of benzene rings is 2. The average molecular weight is 444 g/mol.